The fraction of sp³-hybridized carbons (Fsp3) is 0.129. The van der Waals surface area contributed by atoms with Crippen LogP contribution < -0.4 is 0 Å². The summed E-state index contributed by atoms with van der Waals surface area (Å²) in [5, 5.41) is 0. The molecule has 0 aromatic rings. The predicted octanol–water partition coefficient (Wildman–Crippen LogP) is 7.15. The van der Waals surface area contributed by atoms with Crippen molar-refractivity contribution in [3.05, 3.63) is 125 Å². The van der Waals surface area contributed by atoms with E-state index in [0.717, 1.165) is 0 Å². The highest BCUT2D eigenvalue weighted by molar-refractivity contribution is 6.06. The molecule has 156 valence electrons. The molecule has 1 heteroatoms. The van der Waals surface area contributed by atoms with Crippen molar-refractivity contribution in [2.45, 2.75) is 13.8 Å². The Morgan fingerprint density at radius 2 is 1.00 bits per heavy atom. The second kappa shape index (κ2) is 8.09. The van der Waals surface area contributed by atoms with Gasteiger partial charge in [-0.15, -0.1) is 0 Å². The first kappa shape index (κ1) is 20.2. The minimum Gasteiger partial charge on any atom is -0.235 e. The number of aryl methyl sites for hydroxylation is 2. The first-order chi connectivity index (χ1) is 15.5. The molecule has 1 nitrogen and oxygen atoms in total. The summed E-state index contributed by atoms with van der Waals surface area (Å²) in [5.41, 5.74) is 14.2. The molecule has 5 aliphatic rings. The zero-order chi connectivity index (χ0) is 22.2. The Labute approximate surface area is 191 Å². The summed E-state index contributed by atoms with van der Waals surface area (Å²) in [4.78, 5) is 0. The van der Waals surface area contributed by atoms with Crippen LogP contribution in [-0.2, 0) is 0 Å². The zero-order valence-electron chi connectivity index (χ0n) is 19.2. The quantitative estimate of drug-likeness (QED) is 0.306. The summed E-state index contributed by atoms with van der Waals surface area (Å²) < 4.78 is 2.15. The fourth-order valence-corrected chi connectivity index (χ4v) is 4.79. The average Bonchev–Trinajstić information content (AvgIpc) is 3.05. The van der Waals surface area contributed by atoms with Gasteiger partial charge in [0, 0.05) is 12.2 Å². The van der Waals surface area contributed by atoms with Crippen LogP contribution in [0.2, 0.25) is 0 Å². The van der Waals surface area contributed by atoms with Crippen molar-refractivity contribution < 1.29 is 4.58 Å². The summed E-state index contributed by atoms with van der Waals surface area (Å²) in [5.74, 6) is 0. The van der Waals surface area contributed by atoms with Crippen LogP contribution in [-0.4, -0.2) is 24.4 Å². The highest BCUT2D eigenvalue weighted by atomic mass is 14.9. The van der Waals surface area contributed by atoms with Crippen LogP contribution in [0.1, 0.15) is 22.3 Å². The lowest BCUT2D eigenvalue weighted by Gasteiger charge is -2.14. The van der Waals surface area contributed by atoms with E-state index in [1.165, 1.54) is 61.4 Å². The highest BCUT2D eigenvalue weighted by Crippen LogP contribution is 2.45. The van der Waals surface area contributed by atoms with E-state index in [9.17, 15) is 0 Å². The monoisotopic (exact) mass is 414 g/mol. The molecule has 0 N–H and O–H groups in total. The molecule has 0 aliphatic heterocycles. The normalized spacial score (nSPS) is 13.2. The van der Waals surface area contributed by atoms with Crippen molar-refractivity contribution >= 4 is 11.3 Å². The van der Waals surface area contributed by atoms with Crippen LogP contribution in [0.15, 0.2) is 103 Å². The second-order valence-corrected chi connectivity index (χ2v) is 8.77. The number of nitrogens with zero attached hydrogens (tertiary/aromatic N) is 1. The smallest absolute Gasteiger partial charge is 0.199 e. The molecule has 0 aromatic carbocycles. The largest absolute Gasteiger partial charge is 0.235 e. The summed E-state index contributed by atoms with van der Waals surface area (Å²) in [7, 11) is 4.17. The topological polar surface area (TPSA) is 3.01 Å². The lowest BCUT2D eigenvalue weighted by molar-refractivity contribution is -0.462. The Bertz CT molecular complexity index is 1290. The highest BCUT2D eigenvalue weighted by Gasteiger charge is 2.24. The van der Waals surface area contributed by atoms with Gasteiger partial charge in [-0.2, -0.15) is 0 Å². The van der Waals surface area contributed by atoms with E-state index in [-0.39, 0.29) is 0 Å². The molecule has 0 saturated heterocycles. The van der Waals surface area contributed by atoms with E-state index < -0.39 is 0 Å². The molecule has 0 heterocycles. The Morgan fingerprint density at radius 3 is 1.44 bits per heavy atom. The maximum absolute atomic E-state index is 2.36. The van der Waals surface area contributed by atoms with Crippen LogP contribution in [0, 0.1) is 13.8 Å². The Balaban J connectivity index is 1.84. The molecule has 0 fully saturated rings. The second-order valence-electron chi connectivity index (χ2n) is 8.77. The van der Waals surface area contributed by atoms with Crippen LogP contribution in [0.5, 0.6) is 0 Å². The van der Waals surface area contributed by atoms with Gasteiger partial charge in [-0.1, -0.05) is 72.8 Å². The Morgan fingerprint density at radius 1 is 0.562 bits per heavy atom. The lowest BCUT2D eigenvalue weighted by Crippen LogP contribution is -2.10. The van der Waals surface area contributed by atoms with E-state index in [1.54, 1.807) is 0 Å². The first-order valence-corrected chi connectivity index (χ1v) is 11.2. The zero-order valence-corrected chi connectivity index (χ0v) is 19.2. The van der Waals surface area contributed by atoms with Crippen LogP contribution >= 0.6 is 0 Å². The molecule has 0 bridgehead atoms. The Kier molecular flexibility index (Phi) is 5.11. The van der Waals surface area contributed by atoms with Crippen molar-refractivity contribution in [2.75, 3.05) is 14.1 Å². The molecule has 0 atom stereocenters. The minimum atomic E-state index is 1.21. The number of allylic oxidation sites excluding steroid dienone is 5. The van der Waals surface area contributed by atoms with E-state index in [1.807, 2.05) is 0 Å². The summed E-state index contributed by atoms with van der Waals surface area (Å²) >= 11 is 0. The molecule has 0 amide bonds. The van der Waals surface area contributed by atoms with E-state index in [4.69, 9.17) is 0 Å². The number of fused-ring (bicyclic) bond motifs is 2. The summed E-state index contributed by atoms with van der Waals surface area (Å²) in [6.45, 7) is 4.43. The average molecular weight is 415 g/mol. The third-order valence-electron chi connectivity index (χ3n) is 6.44. The maximum atomic E-state index is 2.36. The van der Waals surface area contributed by atoms with Crippen molar-refractivity contribution in [3.63, 3.8) is 0 Å². The van der Waals surface area contributed by atoms with Crippen molar-refractivity contribution in [3.8, 4) is 22.3 Å². The fourth-order valence-electron chi connectivity index (χ4n) is 4.79. The van der Waals surface area contributed by atoms with Gasteiger partial charge in [0.15, 0.2) is 5.71 Å². The molecular weight excluding hydrogens is 386 g/mol. The number of hydrogen-bond donors (Lipinski definition) is 0. The van der Waals surface area contributed by atoms with Gasteiger partial charge in [0.25, 0.3) is 0 Å². The van der Waals surface area contributed by atoms with Crippen molar-refractivity contribution in [1.29, 1.82) is 0 Å². The molecule has 0 aromatic heterocycles. The summed E-state index contributed by atoms with van der Waals surface area (Å²) in [6.07, 6.45) is 8.95. The van der Waals surface area contributed by atoms with Gasteiger partial charge >= 0.3 is 0 Å². The first-order valence-electron chi connectivity index (χ1n) is 11.2. The third kappa shape index (κ3) is 3.40. The van der Waals surface area contributed by atoms with E-state index >= 15 is 0 Å². The van der Waals surface area contributed by atoms with Crippen molar-refractivity contribution in [1.82, 2.24) is 0 Å². The van der Waals surface area contributed by atoms with Gasteiger partial charge in [0.1, 0.15) is 14.1 Å². The lowest BCUT2D eigenvalue weighted by atomic mass is 9.88. The van der Waals surface area contributed by atoms with Crippen LogP contribution in [0.25, 0.3) is 27.8 Å². The molecule has 0 spiro atoms. The summed E-state index contributed by atoms with van der Waals surface area (Å²) in [6, 6.07) is 26.5. The number of hydrogen-bond acceptors (Lipinski definition) is 0. The molecule has 5 aliphatic carbocycles. The molecule has 0 unspecified atom stereocenters. The molecule has 0 saturated carbocycles. The van der Waals surface area contributed by atoms with Gasteiger partial charge in [-0.05, 0) is 81.7 Å². The maximum Gasteiger partial charge on any atom is 0.199 e. The molecule has 5 rings (SSSR count). The standard InChI is InChI=1S/C31H28N/c1-21-19-29(27-13-9-5-7-11-25(21)27)31(23-15-17-24(18-16-23)32(3)4)30-20-22(2)26-12-8-6-10-14-28(26)30/h5-20H,1-4H3/q+1. The molecular formula is C31H28N+. The van der Waals surface area contributed by atoms with Gasteiger partial charge in [-0.25, -0.2) is 4.58 Å². The van der Waals surface area contributed by atoms with Crippen molar-refractivity contribution in [2.24, 2.45) is 0 Å². The minimum absolute atomic E-state index is 1.21. The molecule has 0 radical (unpaired) electrons. The van der Waals surface area contributed by atoms with E-state index in [0.29, 0.717) is 0 Å². The molecule has 32 heavy (non-hydrogen) atoms. The predicted molar refractivity (Wildman–Crippen MR) is 137 cm³/mol. The van der Waals surface area contributed by atoms with Gasteiger partial charge in [0.05, 0.1) is 0 Å². The third-order valence-corrected chi connectivity index (χ3v) is 6.44. The van der Waals surface area contributed by atoms with Crippen LogP contribution in [0.4, 0.5) is 0 Å². The van der Waals surface area contributed by atoms with Gasteiger partial charge < -0.3 is 0 Å². The SMILES string of the molecule is Cc1cc(C(=C2C=CC(=[N+](C)C)C=C2)c2cc(C)c3cccccc2-3)c2cccccc1-2. The Hall–Kier alpha value is -3.71. The van der Waals surface area contributed by atoms with E-state index in [2.05, 4.69) is 130 Å². The van der Waals surface area contributed by atoms with Gasteiger partial charge in [-0.3, -0.25) is 0 Å². The van der Waals surface area contributed by atoms with Gasteiger partial charge in [0.2, 0.25) is 0 Å². The van der Waals surface area contributed by atoms with Crippen LogP contribution in [0.3, 0.4) is 0 Å². The number of rotatable bonds is 2.